The van der Waals surface area contributed by atoms with E-state index in [1.807, 2.05) is 18.2 Å². The van der Waals surface area contributed by atoms with Gasteiger partial charge in [-0.25, -0.2) is 0 Å². The fraction of sp³-hybridized carbons (Fsp3) is 0.379. The third-order valence-corrected chi connectivity index (χ3v) is 6.13. The average Bonchev–Trinajstić information content (AvgIpc) is 3.66. The first-order valence-corrected chi connectivity index (χ1v) is 12.1. The summed E-state index contributed by atoms with van der Waals surface area (Å²) >= 11 is 0. The molecular formula is C29H36N2O3. The summed E-state index contributed by atoms with van der Waals surface area (Å²) < 4.78 is 4.43. The van der Waals surface area contributed by atoms with Crippen molar-refractivity contribution in [3.8, 4) is 0 Å². The van der Waals surface area contributed by atoms with Crippen molar-refractivity contribution in [2.45, 2.75) is 58.0 Å². The Balaban J connectivity index is 0.000000406. The van der Waals surface area contributed by atoms with E-state index in [0.29, 0.717) is 18.6 Å². The molecule has 0 spiro atoms. The van der Waals surface area contributed by atoms with Crippen molar-refractivity contribution in [2.24, 2.45) is 5.92 Å². The Morgan fingerprint density at radius 2 is 1.91 bits per heavy atom. The highest BCUT2D eigenvalue weighted by molar-refractivity contribution is 5.97. The van der Waals surface area contributed by atoms with Gasteiger partial charge in [-0.05, 0) is 48.6 Å². The molecule has 1 heterocycles. The first kappa shape index (κ1) is 25.3. The number of esters is 1. The maximum atomic E-state index is 12.5. The third kappa shape index (κ3) is 6.83. The van der Waals surface area contributed by atoms with Crippen LogP contribution in [0.4, 0.5) is 5.69 Å². The molecule has 34 heavy (non-hydrogen) atoms. The van der Waals surface area contributed by atoms with Crippen LogP contribution in [-0.4, -0.2) is 24.5 Å². The summed E-state index contributed by atoms with van der Waals surface area (Å²) in [6.45, 7) is 11.7. The number of nitrogens with one attached hydrogen (secondary N) is 2. The minimum Gasteiger partial charge on any atom is -0.462 e. The SMILES string of the molecule is C=C1c2cc(C(=O)NC3CC3)ccc2NC(c2ccccc2)C1CCCC.C=CCOC(C)=O. The molecule has 1 fully saturated rings. The smallest absolute Gasteiger partial charge is 0.302 e. The fourth-order valence-electron chi connectivity index (χ4n) is 4.16. The normalized spacial score (nSPS) is 18.5. The van der Waals surface area contributed by atoms with Gasteiger partial charge >= 0.3 is 5.97 Å². The molecule has 0 bridgehead atoms. The van der Waals surface area contributed by atoms with Gasteiger partial charge in [0, 0.05) is 35.7 Å². The van der Waals surface area contributed by atoms with Gasteiger partial charge < -0.3 is 15.4 Å². The number of hydrogen-bond acceptors (Lipinski definition) is 4. The molecule has 2 unspecified atom stereocenters. The topological polar surface area (TPSA) is 67.4 Å². The molecule has 1 amide bonds. The summed E-state index contributed by atoms with van der Waals surface area (Å²) in [7, 11) is 0. The van der Waals surface area contributed by atoms with Crippen LogP contribution in [0.2, 0.25) is 0 Å². The maximum absolute atomic E-state index is 12.5. The number of rotatable bonds is 8. The van der Waals surface area contributed by atoms with Crippen molar-refractivity contribution < 1.29 is 14.3 Å². The van der Waals surface area contributed by atoms with Gasteiger partial charge in [-0.1, -0.05) is 69.3 Å². The Bertz CT molecular complexity index is 1010. The Hall–Kier alpha value is -3.34. The van der Waals surface area contributed by atoms with Crippen molar-refractivity contribution in [2.75, 3.05) is 11.9 Å². The van der Waals surface area contributed by atoms with Gasteiger partial charge in [-0.3, -0.25) is 9.59 Å². The van der Waals surface area contributed by atoms with Gasteiger partial charge in [-0.2, -0.15) is 0 Å². The summed E-state index contributed by atoms with van der Waals surface area (Å²) in [6.07, 6.45) is 7.17. The van der Waals surface area contributed by atoms with E-state index in [1.165, 1.54) is 31.4 Å². The number of hydrogen-bond donors (Lipinski definition) is 2. The van der Waals surface area contributed by atoms with Gasteiger partial charge in [0.1, 0.15) is 6.61 Å². The molecule has 2 aliphatic rings. The molecule has 2 aromatic rings. The number of carbonyl (C=O) groups is 2. The molecule has 2 N–H and O–H groups in total. The van der Waals surface area contributed by atoms with Crippen molar-refractivity contribution in [1.82, 2.24) is 5.32 Å². The van der Waals surface area contributed by atoms with Crippen LogP contribution in [0.1, 0.15) is 73.5 Å². The molecule has 1 saturated carbocycles. The number of anilines is 1. The van der Waals surface area contributed by atoms with E-state index in [9.17, 15) is 9.59 Å². The van der Waals surface area contributed by atoms with E-state index in [2.05, 4.69) is 65.8 Å². The Morgan fingerprint density at radius 3 is 2.50 bits per heavy atom. The monoisotopic (exact) mass is 460 g/mol. The predicted octanol–water partition coefficient (Wildman–Crippen LogP) is 6.30. The lowest BCUT2D eigenvalue weighted by atomic mass is 9.77. The van der Waals surface area contributed by atoms with Crippen LogP contribution in [0.5, 0.6) is 0 Å². The molecule has 0 radical (unpaired) electrons. The highest BCUT2D eigenvalue weighted by Crippen LogP contribution is 2.45. The highest BCUT2D eigenvalue weighted by Gasteiger charge is 2.32. The van der Waals surface area contributed by atoms with Crippen LogP contribution in [0.15, 0.2) is 67.8 Å². The zero-order chi connectivity index (χ0) is 24.5. The zero-order valence-corrected chi connectivity index (χ0v) is 20.3. The van der Waals surface area contributed by atoms with E-state index >= 15 is 0 Å². The first-order valence-electron chi connectivity index (χ1n) is 12.1. The number of ether oxygens (including phenoxy) is 1. The van der Waals surface area contributed by atoms with Crippen molar-refractivity contribution in [3.05, 3.63) is 84.5 Å². The molecule has 4 rings (SSSR count). The second kappa shape index (κ2) is 12.2. The van der Waals surface area contributed by atoms with Crippen LogP contribution >= 0.6 is 0 Å². The van der Waals surface area contributed by atoms with Crippen molar-refractivity contribution in [3.63, 3.8) is 0 Å². The number of amides is 1. The van der Waals surface area contributed by atoms with E-state index < -0.39 is 0 Å². The fourth-order valence-corrected chi connectivity index (χ4v) is 4.16. The second-order valence-electron chi connectivity index (χ2n) is 8.91. The molecule has 180 valence electrons. The van der Waals surface area contributed by atoms with Gasteiger partial charge in [0.15, 0.2) is 0 Å². The standard InChI is InChI=1S/C24H28N2O.C5H8O2/c1-3-4-10-20-16(2)21-15-18(24(27)25-19-12-13-19)11-14-22(21)26-23(20)17-8-6-5-7-9-17;1-3-4-7-5(2)6/h5-9,11,14-15,19-20,23,26H,2-4,10,12-13H2,1H3,(H,25,27);3H,1,4H2,2H3. The van der Waals surface area contributed by atoms with Crippen LogP contribution < -0.4 is 10.6 Å². The molecule has 5 nitrogen and oxygen atoms in total. The third-order valence-electron chi connectivity index (χ3n) is 6.13. The van der Waals surface area contributed by atoms with Crippen LogP contribution in [0.3, 0.4) is 0 Å². The van der Waals surface area contributed by atoms with Crippen LogP contribution in [-0.2, 0) is 9.53 Å². The number of benzene rings is 2. The summed E-state index contributed by atoms with van der Waals surface area (Å²) in [5.74, 6) is 0.102. The first-order chi connectivity index (χ1) is 16.4. The van der Waals surface area contributed by atoms with E-state index in [0.717, 1.165) is 41.6 Å². The maximum Gasteiger partial charge on any atom is 0.302 e. The summed E-state index contributed by atoms with van der Waals surface area (Å²) in [4.78, 5) is 22.4. The highest BCUT2D eigenvalue weighted by atomic mass is 16.5. The largest absolute Gasteiger partial charge is 0.462 e. The van der Waals surface area contributed by atoms with E-state index in [1.54, 1.807) is 0 Å². The molecule has 2 atom stereocenters. The van der Waals surface area contributed by atoms with Crippen LogP contribution in [0.25, 0.3) is 5.57 Å². The summed E-state index contributed by atoms with van der Waals surface area (Å²) in [5.41, 5.74) is 5.33. The minimum absolute atomic E-state index is 0.0309. The Kier molecular flexibility index (Phi) is 9.08. The molecule has 1 aliphatic carbocycles. The molecular weight excluding hydrogens is 424 g/mol. The predicted molar refractivity (Wildman–Crippen MR) is 139 cm³/mol. The quantitative estimate of drug-likeness (QED) is 0.358. The van der Waals surface area contributed by atoms with Gasteiger partial charge in [0.25, 0.3) is 5.91 Å². The van der Waals surface area contributed by atoms with Crippen molar-refractivity contribution >= 4 is 23.1 Å². The molecule has 1 aliphatic heterocycles. The summed E-state index contributed by atoms with van der Waals surface area (Å²) in [5, 5.41) is 6.81. The number of fused-ring (bicyclic) bond motifs is 1. The van der Waals surface area contributed by atoms with Crippen molar-refractivity contribution in [1.29, 1.82) is 0 Å². The van der Waals surface area contributed by atoms with E-state index in [-0.39, 0.29) is 17.9 Å². The molecule has 0 aromatic heterocycles. The molecule has 2 aromatic carbocycles. The second-order valence-corrected chi connectivity index (χ2v) is 8.91. The van der Waals surface area contributed by atoms with Gasteiger partial charge in [-0.15, -0.1) is 0 Å². The Labute approximate surface area is 203 Å². The lowest BCUT2D eigenvalue weighted by molar-refractivity contribution is -0.139. The number of unbranched alkanes of at least 4 members (excludes halogenated alkanes) is 1. The lowest BCUT2D eigenvalue weighted by Gasteiger charge is -2.37. The molecule has 5 heteroatoms. The summed E-state index contributed by atoms with van der Waals surface area (Å²) in [6, 6.07) is 17.2. The molecule has 0 saturated heterocycles. The minimum atomic E-state index is -0.264. The number of carbonyl (C=O) groups excluding carboxylic acids is 2. The lowest BCUT2D eigenvalue weighted by Crippen LogP contribution is -2.28. The zero-order valence-electron chi connectivity index (χ0n) is 20.3. The van der Waals surface area contributed by atoms with Gasteiger partial charge in [0.2, 0.25) is 0 Å². The van der Waals surface area contributed by atoms with Gasteiger partial charge in [0.05, 0.1) is 6.04 Å². The van der Waals surface area contributed by atoms with E-state index in [4.69, 9.17) is 0 Å². The Morgan fingerprint density at radius 1 is 1.18 bits per heavy atom. The van der Waals surface area contributed by atoms with Crippen LogP contribution in [0, 0.1) is 5.92 Å². The average molecular weight is 461 g/mol.